The number of nitrogens with zero attached hydrogens (tertiary/aromatic N) is 2. The van der Waals surface area contributed by atoms with Crippen molar-refractivity contribution in [1.29, 1.82) is 0 Å². The van der Waals surface area contributed by atoms with E-state index >= 15 is 0 Å². The molecule has 0 saturated heterocycles. The van der Waals surface area contributed by atoms with Gasteiger partial charge in [-0.15, -0.1) is 0 Å². The molecule has 0 spiro atoms. The molecule has 29 heavy (non-hydrogen) atoms. The van der Waals surface area contributed by atoms with E-state index in [0.29, 0.717) is 12.1 Å². The van der Waals surface area contributed by atoms with Crippen molar-refractivity contribution in [1.82, 2.24) is 9.47 Å². The van der Waals surface area contributed by atoms with Crippen molar-refractivity contribution in [2.45, 2.75) is 31.7 Å². The van der Waals surface area contributed by atoms with Crippen molar-refractivity contribution >= 4 is 0 Å². The van der Waals surface area contributed by atoms with Crippen LogP contribution in [0.4, 0.5) is 13.2 Å². The normalized spacial score (nSPS) is 17.6. The van der Waals surface area contributed by atoms with Crippen LogP contribution in [-0.2, 0) is 19.3 Å². The van der Waals surface area contributed by atoms with Gasteiger partial charge in [-0.05, 0) is 36.2 Å². The molecule has 0 saturated carbocycles. The highest BCUT2D eigenvalue weighted by molar-refractivity contribution is 5.41. The fourth-order valence-corrected chi connectivity index (χ4v) is 4.21. The Morgan fingerprint density at radius 2 is 1.72 bits per heavy atom. The number of rotatable bonds is 4. The van der Waals surface area contributed by atoms with E-state index in [1.165, 1.54) is 6.07 Å². The minimum Gasteiger partial charge on any atom is -0.496 e. The van der Waals surface area contributed by atoms with Gasteiger partial charge in [-0.2, -0.15) is 13.2 Å². The molecule has 2 aromatic carbocycles. The van der Waals surface area contributed by atoms with Gasteiger partial charge >= 0.3 is 6.18 Å². The first kappa shape index (κ1) is 19.6. The fourth-order valence-electron chi connectivity index (χ4n) is 4.21. The zero-order valence-electron chi connectivity index (χ0n) is 16.2. The van der Waals surface area contributed by atoms with Gasteiger partial charge in [-0.25, -0.2) is 0 Å². The molecule has 152 valence electrons. The number of alkyl halides is 3. The molecule has 0 fully saturated rings. The minimum atomic E-state index is -4.37. The monoisotopic (exact) mass is 400 g/mol. The van der Waals surface area contributed by atoms with E-state index < -0.39 is 11.7 Å². The smallest absolute Gasteiger partial charge is 0.416 e. The average molecular weight is 400 g/mol. The van der Waals surface area contributed by atoms with Gasteiger partial charge < -0.3 is 9.30 Å². The molecule has 1 unspecified atom stereocenters. The van der Waals surface area contributed by atoms with Gasteiger partial charge in [-0.1, -0.05) is 36.4 Å². The van der Waals surface area contributed by atoms with Crippen LogP contribution in [0.1, 0.15) is 34.8 Å². The van der Waals surface area contributed by atoms with Crippen molar-refractivity contribution in [2.24, 2.45) is 0 Å². The Balaban J connectivity index is 1.80. The number of hydrogen-bond donors (Lipinski definition) is 0. The number of halogens is 3. The molecule has 0 aliphatic carbocycles. The van der Waals surface area contributed by atoms with Crippen molar-refractivity contribution in [3.8, 4) is 5.75 Å². The fraction of sp³-hybridized carbons (Fsp3) is 0.304. The molecule has 1 atom stereocenters. The molecular formula is C23H23F3N2O. The van der Waals surface area contributed by atoms with Crippen LogP contribution >= 0.6 is 0 Å². The van der Waals surface area contributed by atoms with E-state index in [4.69, 9.17) is 4.74 Å². The van der Waals surface area contributed by atoms with E-state index in [2.05, 4.69) is 9.47 Å². The van der Waals surface area contributed by atoms with Gasteiger partial charge in [0.1, 0.15) is 5.75 Å². The predicted octanol–water partition coefficient (Wildman–Crippen LogP) is 5.51. The lowest BCUT2D eigenvalue weighted by Gasteiger charge is -2.32. The maximum atomic E-state index is 13.6. The number of para-hydroxylation sites is 1. The molecule has 1 aliphatic rings. The molecule has 0 N–H and O–H groups in total. The van der Waals surface area contributed by atoms with Gasteiger partial charge in [0.2, 0.25) is 0 Å². The Labute approximate surface area is 168 Å². The Morgan fingerprint density at radius 1 is 0.966 bits per heavy atom. The van der Waals surface area contributed by atoms with Crippen LogP contribution in [0.2, 0.25) is 0 Å². The van der Waals surface area contributed by atoms with E-state index in [0.717, 1.165) is 36.0 Å². The number of aryl methyl sites for hydroxylation is 1. The highest BCUT2D eigenvalue weighted by atomic mass is 19.4. The third-order valence-corrected chi connectivity index (χ3v) is 5.48. The topological polar surface area (TPSA) is 17.4 Å². The van der Waals surface area contributed by atoms with E-state index in [-0.39, 0.29) is 12.6 Å². The number of benzene rings is 2. The molecule has 1 aromatic heterocycles. The highest BCUT2D eigenvalue weighted by Crippen LogP contribution is 2.39. The standard InChI is InChI=1S/C23H23F3N2O/c1-29-21-12-5-3-9-18(21)22-20-11-6-13-27(20)14-7-15-28(22)16-17-8-2-4-10-19(17)23(24,25)26/h2-6,8-13,22H,7,14-16H2,1H3. The van der Waals surface area contributed by atoms with Crippen LogP contribution in [0, 0.1) is 0 Å². The van der Waals surface area contributed by atoms with Gasteiger partial charge in [-0.3, -0.25) is 4.90 Å². The third-order valence-electron chi connectivity index (χ3n) is 5.48. The van der Waals surface area contributed by atoms with Crippen LogP contribution in [0.25, 0.3) is 0 Å². The highest BCUT2D eigenvalue weighted by Gasteiger charge is 2.35. The zero-order chi connectivity index (χ0) is 20.4. The second-order valence-electron chi connectivity index (χ2n) is 7.25. The minimum absolute atomic E-state index is 0.190. The second kappa shape index (κ2) is 7.95. The maximum Gasteiger partial charge on any atom is 0.416 e. The van der Waals surface area contributed by atoms with E-state index in [1.807, 2.05) is 42.6 Å². The first-order chi connectivity index (χ1) is 14.0. The van der Waals surface area contributed by atoms with Gasteiger partial charge in [0, 0.05) is 37.1 Å². The summed E-state index contributed by atoms with van der Waals surface area (Å²) in [5.41, 5.74) is 1.75. The largest absolute Gasteiger partial charge is 0.496 e. The summed E-state index contributed by atoms with van der Waals surface area (Å²) in [6, 6.07) is 17.4. The molecule has 0 amide bonds. The zero-order valence-corrected chi connectivity index (χ0v) is 16.2. The molecular weight excluding hydrogens is 377 g/mol. The molecule has 0 radical (unpaired) electrons. The Hall–Kier alpha value is -2.73. The van der Waals surface area contributed by atoms with Gasteiger partial charge in [0.15, 0.2) is 0 Å². The first-order valence-electron chi connectivity index (χ1n) is 9.66. The molecule has 4 rings (SSSR count). The summed E-state index contributed by atoms with van der Waals surface area (Å²) >= 11 is 0. The quantitative estimate of drug-likeness (QED) is 0.575. The lowest BCUT2D eigenvalue weighted by molar-refractivity contribution is -0.138. The summed E-state index contributed by atoms with van der Waals surface area (Å²) < 4.78 is 48.5. The molecule has 2 heterocycles. The lowest BCUT2D eigenvalue weighted by atomic mass is 9.99. The van der Waals surface area contributed by atoms with Gasteiger partial charge in [0.05, 0.1) is 18.7 Å². The van der Waals surface area contributed by atoms with Crippen molar-refractivity contribution in [3.05, 3.63) is 89.2 Å². The van der Waals surface area contributed by atoms with E-state index in [9.17, 15) is 13.2 Å². The molecule has 3 aromatic rings. The lowest BCUT2D eigenvalue weighted by Crippen LogP contribution is -2.30. The number of methoxy groups -OCH3 is 1. The summed E-state index contributed by atoms with van der Waals surface area (Å²) in [4.78, 5) is 2.13. The summed E-state index contributed by atoms with van der Waals surface area (Å²) in [6.45, 7) is 1.74. The van der Waals surface area contributed by atoms with Crippen LogP contribution in [-0.4, -0.2) is 23.1 Å². The predicted molar refractivity (Wildman–Crippen MR) is 106 cm³/mol. The number of hydrogen-bond acceptors (Lipinski definition) is 2. The van der Waals surface area contributed by atoms with Crippen LogP contribution in [0.15, 0.2) is 66.9 Å². The van der Waals surface area contributed by atoms with Crippen molar-refractivity contribution in [3.63, 3.8) is 0 Å². The van der Waals surface area contributed by atoms with Gasteiger partial charge in [0.25, 0.3) is 0 Å². The Bertz CT molecular complexity index is 980. The average Bonchev–Trinajstić information content (AvgIpc) is 3.09. The first-order valence-corrected chi connectivity index (χ1v) is 9.66. The van der Waals surface area contributed by atoms with Crippen LogP contribution in [0.5, 0.6) is 5.75 Å². The summed E-state index contributed by atoms with van der Waals surface area (Å²) in [5.74, 6) is 0.737. The summed E-state index contributed by atoms with van der Waals surface area (Å²) in [5, 5.41) is 0. The Kier molecular flexibility index (Phi) is 5.37. The molecule has 1 aliphatic heterocycles. The number of ether oxygens (including phenoxy) is 1. The number of fused-ring (bicyclic) bond motifs is 1. The maximum absolute atomic E-state index is 13.6. The summed E-state index contributed by atoms with van der Waals surface area (Å²) in [6.07, 6.45) is -1.48. The third kappa shape index (κ3) is 3.90. The van der Waals surface area contributed by atoms with Crippen molar-refractivity contribution < 1.29 is 17.9 Å². The van der Waals surface area contributed by atoms with Crippen LogP contribution in [0.3, 0.4) is 0 Å². The molecule has 0 bridgehead atoms. The van der Waals surface area contributed by atoms with Crippen LogP contribution < -0.4 is 4.74 Å². The SMILES string of the molecule is COc1ccccc1C1c2cccn2CCCN1Cc1ccccc1C(F)(F)F. The number of aromatic nitrogens is 1. The molecule has 6 heteroatoms. The second-order valence-corrected chi connectivity index (χ2v) is 7.25. The van der Waals surface area contributed by atoms with Crippen molar-refractivity contribution in [2.75, 3.05) is 13.7 Å². The summed E-state index contributed by atoms with van der Waals surface area (Å²) in [7, 11) is 1.62. The van der Waals surface area contributed by atoms with E-state index in [1.54, 1.807) is 19.2 Å². The molecule has 3 nitrogen and oxygen atoms in total. The Morgan fingerprint density at radius 3 is 2.52 bits per heavy atom.